The van der Waals surface area contributed by atoms with Gasteiger partial charge in [-0.1, -0.05) is 31.4 Å². The van der Waals surface area contributed by atoms with Crippen LogP contribution in [-0.2, 0) is 7.05 Å². The van der Waals surface area contributed by atoms with Crippen molar-refractivity contribution in [3.8, 4) is 0 Å². The number of carbonyl (C=O) groups is 1. The van der Waals surface area contributed by atoms with Crippen molar-refractivity contribution in [2.24, 2.45) is 13.0 Å². The van der Waals surface area contributed by atoms with E-state index in [9.17, 15) is 4.79 Å². The molecule has 0 aromatic carbocycles. The molecule has 94 valence electrons. The Hall–Kier alpha value is -1.03. The smallest absolute Gasteiger partial charge is 0.271 e. The van der Waals surface area contributed by atoms with Crippen LogP contribution in [-0.4, -0.2) is 21.7 Å². The van der Waals surface area contributed by atoms with Gasteiger partial charge in [0.05, 0.1) is 11.2 Å². The molecular weight excluding hydrogens is 238 g/mol. The van der Waals surface area contributed by atoms with Crippen molar-refractivity contribution < 1.29 is 4.79 Å². The Labute approximate surface area is 106 Å². The molecule has 1 aliphatic carbocycles. The van der Waals surface area contributed by atoms with Crippen LogP contribution in [0, 0.1) is 5.92 Å². The van der Waals surface area contributed by atoms with E-state index in [4.69, 9.17) is 11.6 Å². The second kappa shape index (κ2) is 5.08. The third-order valence-corrected chi connectivity index (χ3v) is 3.81. The van der Waals surface area contributed by atoms with E-state index in [0.29, 0.717) is 16.6 Å². The van der Waals surface area contributed by atoms with Gasteiger partial charge in [-0.05, 0) is 18.8 Å². The van der Waals surface area contributed by atoms with Gasteiger partial charge in [0.2, 0.25) is 0 Å². The summed E-state index contributed by atoms with van der Waals surface area (Å²) < 4.78 is 1.52. The van der Waals surface area contributed by atoms with Gasteiger partial charge in [-0.3, -0.25) is 9.48 Å². The van der Waals surface area contributed by atoms with Crippen molar-refractivity contribution in [2.45, 2.75) is 38.6 Å². The Morgan fingerprint density at radius 2 is 2.24 bits per heavy atom. The van der Waals surface area contributed by atoms with Crippen LogP contribution >= 0.6 is 11.6 Å². The average molecular weight is 256 g/mol. The Balaban J connectivity index is 2.06. The topological polar surface area (TPSA) is 46.9 Å². The summed E-state index contributed by atoms with van der Waals surface area (Å²) in [6, 6.07) is 0.266. The number of carbonyl (C=O) groups excluding carboxylic acids is 1. The molecule has 1 heterocycles. The first-order valence-electron chi connectivity index (χ1n) is 6.08. The SMILES string of the molecule is C[C@@H]1CCCC[C@H]1NC(=O)c1c(Cl)cnn1C. The number of amides is 1. The fraction of sp³-hybridized carbons (Fsp3) is 0.667. The van der Waals surface area contributed by atoms with Crippen LogP contribution in [0.15, 0.2) is 6.20 Å². The first-order valence-corrected chi connectivity index (χ1v) is 6.45. The summed E-state index contributed by atoms with van der Waals surface area (Å²) in [7, 11) is 1.73. The van der Waals surface area contributed by atoms with Gasteiger partial charge < -0.3 is 5.32 Å². The zero-order valence-corrected chi connectivity index (χ0v) is 11.0. The lowest BCUT2D eigenvalue weighted by Gasteiger charge is -2.29. The lowest BCUT2D eigenvalue weighted by molar-refractivity contribution is 0.0901. The summed E-state index contributed by atoms with van der Waals surface area (Å²) in [4.78, 5) is 12.1. The highest BCUT2D eigenvalue weighted by Gasteiger charge is 2.25. The van der Waals surface area contributed by atoms with Crippen molar-refractivity contribution >= 4 is 17.5 Å². The minimum atomic E-state index is -0.117. The molecule has 1 fully saturated rings. The number of nitrogens with zero attached hydrogens (tertiary/aromatic N) is 2. The van der Waals surface area contributed by atoms with E-state index in [1.807, 2.05) is 0 Å². The maximum Gasteiger partial charge on any atom is 0.271 e. The van der Waals surface area contributed by atoms with Gasteiger partial charge in [0, 0.05) is 13.1 Å². The van der Waals surface area contributed by atoms with Gasteiger partial charge >= 0.3 is 0 Å². The molecule has 2 rings (SSSR count). The van der Waals surface area contributed by atoms with Crippen molar-refractivity contribution in [1.29, 1.82) is 0 Å². The normalized spacial score (nSPS) is 24.6. The molecule has 0 unspecified atom stereocenters. The molecule has 2 atom stereocenters. The first kappa shape index (κ1) is 12.4. The third-order valence-electron chi connectivity index (χ3n) is 3.54. The highest BCUT2D eigenvalue weighted by Crippen LogP contribution is 2.24. The Morgan fingerprint density at radius 1 is 1.53 bits per heavy atom. The highest BCUT2D eigenvalue weighted by atomic mass is 35.5. The van der Waals surface area contributed by atoms with Crippen LogP contribution in [0.3, 0.4) is 0 Å². The summed E-state index contributed by atoms with van der Waals surface area (Å²) in [5, 5.41) is 7.45. The number of nitrogens with one attached hydrogen (secondary N) is 1. The number of hydrogen-bond acceptors (Lipinski definition) is 2. The Bertz CT molecular complexity index is 396. The predicted octanol–water partition coefficient (Wildman–Crippen LogP) is 2.38. The summed E-state index contributed by atoms with van der Waals surface area (Å²) in [6.45, 7) is 2.19. The molecular formula is C12H18ClN3O. The molecule has 4 nitrogen and oxygen atoms in total. The molecule has 1 amide bonds. The van der Waals surface area contributed by atoms with Crippen LogP contribution in [0.4, 0.5) is 0 Å². The summed E-state index contributed by atoms with van der Waals surface area (Å²) >= 11 is 5.95. The van der Waals surface area contributed by atoms with E-state index in [2.05, 4.69) is 17.3 Å². The van der Waals surface area contributed by atoms with E-state index in [1.165, 1.54) is 30.1 Å². The zero-order chi connectivity index (χ0) is 12.4. The molecule has 1 N–H and O–H groups in total. The molecule has 1 aromatic heterocycles. The predicted molar refractivity (Wildman–Crippen MR) is 67.1 cm³/mol. The van der Waals surface area contributed by atoms with Crippen molar-refractivity contribution in [3.63, 3.8) is 0 Å². The lowest BCUT2D eigenvalue weighted by atomic mass is 9.86. The fourth-order valence-corrected chi connectivity index (χ4v) is 2.69. The second-order valence-corrected chi connectivity index (χ2v) is 5.21. The van der Waals surface area contributed by atoms with Crippen LogP contribution in [0.25, 0.3) is 0 Å². The van der Waals surface area contributed by atoms with Crippen LogP contribution < -0.4 is 5.32 Å². The second-order valence-electron chi connectivity index (χ2n) is 4.81. The molecule has 5 heteroatoms. The minimum absolute atomic E-state index is 0.117. The number of halogens is 1. The van der Waals surface area contributed by atoms with E-state index >= 15 is 0 Å². The quantitative estimate of drug-likeness (QED) is 0.882. The Morgan fingerprint density at radius 3 is 2.82 bits per heavy atom. The minimum Gasteiger partial charge on any atom is -0.348 e. The molecule has 0 aliphatic heterocycles. The number of hydrogen-bond donors (Lipinski definition) is 1. The van der Waals surface area contributed by atoms with E-state index in [-0.39, 0.29) is 11.9 Å². The van der Waals surface area contributed by atoms with Crippen molar-refractivity contribution in [1.82, 2.24) is 15.1 Å². The molecule has 1 aromatic rings. The van der Waals surface area contributed by atoms with E-state index in [1.54, 1.807) is 7.05 Å². The molecule has 17 heavy (non-hydrogen) atoms. The molecule has 1 aliphatic rings. The maximum absolute atomic E-state index is 12.1. The van der Waals surface area contributed by atoms with E-state index in [0.717, 1.165) is 6.42 Å². The highest BCUT2D eigenvalue weighted by molar-refractivity contribution is 6.33. The van der Waals surface area contributed by atoms with Gasteiger partial charge in [0.25, 0.3) is 5.91 Å². The van der Waals surface area contributed by atoms with Gasteiger partial charge in [-0.15, -0.1) is 0 Å². The van der Waals surface area contributed by atoms with Crippen molar-refractivity contribution in [2.75, 3.05) is 0 Å². The number of rotatable bonds is 2. The van der Waals surface area contributed by atoms with Crippen LogP contribution in [0.5, 0.6) is 0 Å². The van der Waals surface area contributed by atoms with Gasteiger partial charge in [-0.25, -0.2) is 0 Å². The molecule has 1 saturated carbocycles. The Kier molecular flexibility index (Phi) is 3.72. The van der Waals surface area contributed by atoms with Gasteiger partial charge in [-0.2, -0.15) is 5.10 Å². The molecule has 0 spiro atoms. The monoisotopic (exact) mass is 255 g/mol. The lowest BCUT2D eigenvalue weighted by Crippen LogP contribution is -2.41. The zero-order valence-electron chi connectivity index (χ0n) is 10.2. The number of aromatic nitrogens is 2. The summed E-state index contributed by atoms with van der Waals surface area (Å²) in [5.41, 5.74) is 0.449. The standard InChI is InChI=1S/C12H18ClN3O/c1-8-5-3-4-6-10(8)15-12(17)11-9(13)7-14-16(11)2/h7-8,10H,3-6H2,1-2H3,(H,15,17)/t8-,10-/m1/s1. The van der Waals surface area contributed by atoms with Gasteiger partial charge in [0.1, 0.15) is 5.69 Å². The van der Waals surface area contributed by atoms with Gasteiger partial charge in [0.15, 0.2) is 0 Å². The molecule has 0 bridgehead atoms. The molecule has 0 saturated heterocycles. The average Bonchev–Trinajstić information content (AvgIpc) is 2.62. The first-order chi connectivity index (χ1) is 8.09. The van der Waals surface area contributed by atoms with E-state index < -0.39 is 0 Å². The summed E-state index contributed by atoms with van der Waals surface area (Å²) in [5.74, 6) is 0.424. The van der Waals surface area contributed by atoms with Crippen molar-refractivity contribution in [3.05, 3.63) is 16.9 Å². The fourth-order valence-electron chi connectivity index (χ4n) is 2.43. The van der Waals surface area contributed by atoms with Crippen LogP contribution in [0.1, 0.15) is 43.1 Å². The summed E-state index contributed by atoms with van der Waals surface area (Å²) in [6.07, 6.45) is 6.20. The maximum atomic E-state index is 12.1. The van der Waals surface area contributed by atoms with Crippen LogP contribution in [0.2, 0.25) is 5.02 Å². The number of aryl methyl sites for hydroxylation is 1. The largest absolute Gasteiger partial charge is 0.348 e. The third kappa shape index (κ3) is 2.63. The molecule has 0 radical (unpaired) electrons.